The Morgan fingerprint density at radius 2 is 2.42 bits per heavy atom. The third-order valence-electron chi connectivity index (χ3n) is 1.83. The average Bonchev–Trinajstić information content (AvgIpc) is 2.84. The van der Waals surface area contributed by atoms with Gasteiger partial charge >= 0.3 is 5.97 Å². The van der Waals surface area contributed by atoms with E-state index in [2.05, 4.69) is 6.92 Å². The van der Waals surface area contributed by atoms with Crippen molar-refractivity contribution >= 4 is 5.97 Å². The standard InChI is InChI=1S/C9H16O3/c1-2-3-6-11-9(10)5-4-8-7-12-8/h8H,2-7H2,1H3. The number of unbranched alkanes of at least 4 members (excludes halogenated alkanes) is 1. The van der Waals surface area contributed by atoms with E-state index in [1.165, 1.54) is 0 Å². The Morgan fingerprint density at radius 1 is 1.67 bits per heavy atom. The number of carbonyl (C=O) groups is 1. The normalized spacial score (nSPS) is 20.6. The van der Waals surface area contributed by atoms with Crippen molar-refractivity contribution in [1.82, 2.24) is 0 Å². The predicted molar refractivity (Wildman–Crippen MR) is 44.8 cm³/mol. The SMILES string of the molecule is CCCCOC(=O)CCC1CO1. The molecule has 0 aromatic heterocycles. The van der Waals surface area contributed by atoms with Gasteiger partial charge in [-0.2, -0.15) is 0 Å². The highest BCUT2D eigenvalue weighted by atomic mass is 16.6. The van der Waals surface area contributed by atoms with Gasteiger partial charge in [-0.3, -0.25) is 4.79 Å². The van der Waals surface area contributed by atoms with E-state index in [0.29, 0.717) is 19.1 Å². The molecule has 3 nitrogen and oxygen atoms in total. The van der Waals surface area contributed by atoms with E-state index in [0.717, 1.165) is 25.9 Å². The number of carbonyl (C=O) groups excluding carboxylic acids is 1. The molecule has 1 aliphatic heterocycles. The highest BCUT2D eigenvalue weighted by molar-refractivity contribution is 5.69. The summed E-state index contributed by atoms with van der Waals surface area (Å²) in [5.74, 6) is -0.0843. The molecule has 0 aromatic rings. The Morgan fingerprint density at radius 3 is 3.00 bits per heavy atom. The molecule has 0 radical (unpaired) electrons. The highest BCUT2D eigenvalue weighted by Gasteiger charge is 2.23. The van der Waals surface area contributed by atoms with Crippen LogP contribution in [0.3, 0.4) is 0 Å². The van der Waals surface area contributed by atoms with Crippen LogP contribution in [0.15, 0.2) is 0 Å². The lowest BCUT2D eigenvalue weighted by Crippen LogP contribution is -2.06. The molecule has 1 atom stereocenters. The highest BCUT2D eigenvalue weighted by Crippen LogP contribution is 2.15. The molecular weight excluding hydrogens is 156 g/mol. The molecular formula is C9H16O3. The van der Waals surface area contributed by atoms with Crippen molar-refractivity contribution in [2.45, 2.75) is 38.7 Å². The van der Waals surface area contributed by atoms with Crippen molar-refractivity contribution in [3.05, 3.63) is 0 Å². The Balaban J connectivity index is 1.88. The molecule has 0 saturated carbocycles. The van der Waals surface area contributed by atoms with Crippen LogP contribution < -0.4 is 0 Å². The van der Waals surface area contributed by atoms with Crippen molar-refractivity contribution in [3.63, 3.8) is 0 Å². The Labute approximate surface area is 73.0 Å². The van der Waals surface area contributed by atoms with Crippen molar-refractivity contribution < 1.29 is 14.3 Å². The van der Waals surface area contributed by atoms with Crippen LogP contribution in [0.5, 0.6) is 0 Å². The van der Waals surface area contributed by atoms with Gasteiger partial charge in [0.05, 0.1) is 19.3 Å². The van der Waals surface area contributed by atoms with Gasteiger partial charge in [0.2, 0.25) is 0 Å². The van der Waals surface area contributed by atoms with Crippen molar-refractivity contribution in [2.75, 3.05) is 13.2 Å². The topological polar surface area (TPSA) is 38.8 Å². The molecule has 70 valence electrons. The van der Waals surface area contributed by atoms with E-state index in [1.54, 1.807) is 0 Å². The molecule has 1 aliphatic rings. The van der Waals surface area contributed by atoms with Gasteiger partial charge in [0.1, 0.15) is 0 Å². The van der Waals surface area contributed by atoms with Crippen LogP contribution in [0, 0.1) is 0 Å². The van der Waals surface area contributed by atoms with E-state index in [4.69, 9.17) is 9.47 Å². The minimum absolute atomic E-state index is 0.0843. The van der Waals surface area contributed by atoms with Crippen LogP contribution in [0.25, 0.3) is 0 Å². The first kappa shape index (κ1) is 9.52. The summed E-state index contributed by atoms with van der Waals surface area (Å²) in [6, 6.07) is 0. The smallest absolute Gasteiger partial charge is 0.305 e. The molecule has 0 aliphatic carbocycles. The summed E-state index contributed by atoms with van der Waals surface area (Å²) >= 11 is 0. The monoisotopic (exact) mass is 172 g/mol. The van der Waals surface area contributed by atoms with Crippen molar-refractivity contribution in [2.24, 2.45) is 0 Å². The fourth-order valence-corrected chi connectivity index (χ4v) is 0.916. The molecule has 0 amide bonds. The third-order valence-corrected chi connectivity index (χ3v) is 1.83. The molecule has 1 rings (SSSR count). The summed E-state index contributed by atoms with van der Waals surface area (Å²) in [4.78, 5) is 11.0. The van der Waals surface area contributed by atoms with Gasteiger partial charge in [0, 0.05) is 6.42 Å². The summed E-state index contributed by atoms with van der Waals surface area (Å²) in [6.45, 7) is 3.47. The van der Waals surface area contributed by atoms with Gasteiger partial charge in [-0.1, -0.05) is 13.3 Å². The van der Waals surface area contributed by atoms with Gasteiger partial charge in [0.25, 0.3) is 0 Å². The fraction of sp³-hybridized carbons (Fsp3) is 0.889. The van der Waals surface area contributed by atoms with E-state index < -0.39 is 0 Å². The van der Waals surface area contributed by atoms with Crippen molar-refractivity contribution in [1.29, 1.82) is 0 Å². The van der Waals surface area contributed by atoms with Crippen LogP contribution in [0.1, 0.15) is 32.6 Å². The summed E-state index contributed by atoms with van der Waals surface area (Å²) in [5, 5.41) is 0. The summed E-state index contributed by atoms with van der Waals surface area (Å²) < 4.78 is 9.94. The molecule has 12 heavy (non-hydrogen) atoms. The van der Waals surface area contributed by atoms with Crippen LogP contribution in [-0.4, -0.2) is 25.3 Å². The van der Waals surface area contributed by atoms with Crippen LogP contribution >= 0.6 is 0 Å². The second kappa shape index (κ2) is 5.14. The Hall–Kier alpha value is -0.570. The minimum atomic E-state index is -0.0843. The quantitative estimate of drug-likeness (QED) is 0.346. The van der Waals surface area contributed by atoms with Gasteiger partial charge < -0.3 is 9.47 Å². The van der Waals surface area contributed by atoms with E-state index in [1.807, 2.05) is 0 Å². The molecule has 1 unspecified atom stereocenters. The predicted octanol–water partition coefficient (Wildman–Crippen LogP) is 1.51. The Kier molecular flexibility index (Phi) is 4.08. The lowest BCUT2D eigenvalue weighted by molar-refractivity contribution is -0.143. The fourth-order valence-electron chi connectivity index (χ4n) is 0.916. The van der Waals surface area contributed by atoms with Gasteiger partial charge in [-0.15, -0.1) is 0 Å². The molecule has 1 saturated heterocycles. The maximum Gasteiger partial charge on any atom is 0.305 e. The maximum absolute atomic E-state index is 11.0. The molecule has 0 bridgehead atoms. The number of rotatable bonds is 6. The van der Waals surface area contributed by atoms with E-state index in [-0.39, 0.29) is 5.97 Å². The lowest BCUT2D eigenvalue weighted by atomic mass is 10.2. The number of hydrogen-bond acceptors (Lipinski definition) is 3. The largest absolute Gasteiger partial charge is 0.466 e. The van der Waals surface area contributed by atoms with E-state index >= 15 is 0 Å². The van der Waals surface area contributed by atoms with Crippen LogP contribution in [0.4, 0.5) is 0 Å². The average molecular weight is 172 g/mol. The number of ether oxygens (including phenoxy) is 2. The summed E-state index contributed by atoms with van der Waals surface area (Å²) in [5.41, 5.74) is 0. The summed E-state index contributed by atoms with van der Waals surface area (Å²) in [7, 11) is 0. The summed E-state index contributed by atoms with van der Waals surface area (Å²) in [6.07, 6.45) is 3.70. The van der Waals surface area contributed by atoms with Gasteiger partial charge in [-0.25, -0.2) is 0 Å². The molecule has 1 heterocycles. The lowest BCUT2D eigenvalue weighted by Gasteiger charge is -2.01. The van der Waals surface area contributed by atoms with Gasteiger partial charge in [0.15, 0.2) is 0 Å². The Bertz CT molecular complexity index is 141. The molecule has 0 aromatic carbocycles. The second-order valence-electron chi connectivity index (χ2n) is 3.07. The second-order valence-corrected chi connectivity index (χ2v) is 3.07. The maximum atomic E-state index is 11.0. The zero-order valence-corrected chi connectivity index (χ0v) is 7.54. The first-order chi connectivity index (χ1) is 5.83. The minimum Gasteiger partial charge on any atom is -0.466 e. The van der Waals surface area contributed by atoms with Crippen LogP contribution in [-0.2, 0) is 14.3 Å². The first-order valence-corrected chi connectivity index (χ1v) is 4.60. The molecule has 0 N–H and O–H groups in total. The first-order valence-electron chi connectivity index (χ1n) is 4.60. The zero-order chi connectivity index (χ0) is 8.81. The third kappa shape index (κ3) is 4.34. The zero-order valence-electron chi connectivity index (χ0n) is 7.54. The molecule has 3 heteroatoms. The number of hydrogen-bond donors (Lipinski definition) is 0. The number of epoxide rings is 1. The number of esters is 1. The molecule has 1 fully saturated rings. The van der Waals surface area contributed by atoms with Crippen molar-refractivity contribution in [3.8, 4) is 0 Å². The van der Waals surface area contributed by atoms with Crippen LogP contribution in [0.2, 0.25) is 0 Å². The van der Waals surface area contributed by atoms with E-state index in [9.17, 15) is 4.79 Å². The molecule has 0 spiro atoms. The van der Waals surface area contributed by atoms with Gasteiger partial charge in [-0.05, 0) is 12.8 Å².